The summed E-state index contributed by atoms with van der Waals surface area (Å²) in [5.41, 5.74) is 1.83. The van der Waals surface area contributed by atoms with Crippen LogP contribution in [-0.4, -0.2) is 46.7 Å². The Morgan fingerprint density at radius 1 is 0.947 bits per heavy atom. The lowest BCUT2D eigenvalue weighted by Crippen LogP contribution is -2.32. The molecule has 1 heterocycles. The van der Waals surface area contributed by atoms with Gasteiger partial charge in [0.05, 0.1) is 37.2 Å². The molecule has 2 amide bonds. The maximum absolute atomic E-state index is 12.5. The maximum Gasteiger partial charge on any atom is 0.304 e. The summed E-state index contributed by atoms with van der Waals surface area (Å²) in [7, 11) is 1.88. The number of halogens is 1. The van der Waals surface area contributed by atoms with E-state index in [4.69, 9.17) is 0 Å². The summed E-state index contributed by atoms with van der Waals surface area (Å²) in [4.78, 5) is 49.3. The fourth-order valence-corrected chi connectivity index (χ4v) is 4.56. The molecule has 0 aliphatic carbocycles. The molecule has 1 aliphatic heterocycles. The highest BCUT2D eigenvalue weighted by Crippen LogP contribution is 2.40. The van der Waals surface area contributed by atoms with Gasteiger partial charge < -0.3 is 4.90 Å². The van der Waals surface area contributed by atoms with E-state index < -0.39 is 21.2 Å². The summed E-state index contributed by atoms with van der Waals surface area (Å²) in [6, 6.07) is 14.1. The normalized spacial score (nSPS) is 12.8. The molecule has 3 aromatic rings. The Kier molecular flexibility index (Phi) is 7.57. The zero-order valence-electron chi connectivity index (χ0n) is 20.3. The quantitative estimate of drug-likeness (QED) is 0.128. The van der Waals surface area contributed by atoms with Crippen LogP contribution in [0.2, 0.25) is 0 Å². The molecule has 0 radical (unpaired) electrons. The minimum absolute atomic E-state index is 0.0780. The van der Waals surface area contributed by atoms with E-state index in [1.807, 2.05) is 31.0 Å². The number of hydrogen-bond acceptors (Lipinski definition) is 9. The highest BCUT2D eigenvalue weighted by Gasteiger charge is 2.34. The van der Waals surface area contributed by atoms with Crippen LogP contribution in [0, 0.1) is 27.2 Å². The molecule has 3 aromatic carbocycles. The molecule has 0 aromatic heterocycles. The number of fused-ring (bicyclic) bond motifs is 1. The number of nitro groups is 2. The number of azo groups is 1. The van der Waals surface area contributed by atoms with Crippen molar-refractivity contribution in [2.75, 3.05) is 25.0 Å². The van der Waals surface area contributed by atoms with E-state index in [0.717, 1.165) is 23.4 Å². The molecule has 0 N–H and O–H groups in total. The second-order valence-electron chi connectivity index (χ2n) is 8.56. The lowest BCUT2D eigenvalue weighted by atomic mass is 10.1. The molecule has 0 fully saturated rings. The largest absolute Gasteiger partial charge is 0.375 e. The zero-order chi connectivity index (χ0) is 27.6. The van der Waals surface area contributed by atoms with Crippen molar-refractivity contribution in [3.05, 3.63) is 96.0 Å². The van der Waals surface area contributed by atoms with Gasteiger partial charge in [0.15, 0.2) is 5.69 Å². The summed E-state index contributed by atoms with van der Waals surface area (Å²) < 4.78 is 0.0780. The SMILES string of the molecule is Cc1cc(N(C)CCCN2C(=O)c3ccccc3C2=O)ccc1N=Nc1c(Br)cc([N+](=O)[O-])cc1[N+](=O)[O-]. The van der Waals surface area contributed by atoms with Crippen molar-refractivity contribution in [3.63, 3.8) is 0 Å². The van der Waals surface area contributed by atoms with E-state index >= 15 is 0 Å². The van der Waals surface area contributed by atoms with Gasteiger partial charge in [-0.2, -0.15) is 0 Å². The van der Waals surface area contributed by atoms with Gasteiger partial charge in [0.1, 0.15) is 0 Å². The maximum atomic E-state index is 12.5. The van der Waals surface area contributed by atoms with Crippen LogP contribution in [0.4, 0.5) is 28.4 Å². The van der Waals surface area contributed by atoms with Gasteiger partial charge in [-0.25, -0.2) is 0 Å². The van der Waals surface area contributed by atoms with Crippen molar-refractivity contribution in [2.45, 2.75) is 13.3 Å². The second-order valence-corrected chi connectivity index (χ2v) is 9.42. The average Bonchev–Trinajstić information content (AvgIpc) is 3.12. The van der Waals surface area contributed by atoms with E-state index in [1.54, 1.807) is 30.3 Å². The molecule has 1 aliphatic rings. The van der Waals surface area contributed by atoms with E-state index in [2.05, 4.69) is 26.2 Å². The third kappa shape index (κ3) is 5.27. The van der Waals surface area contributed by atoms with E-state index in [0.29, 0.717) is 36.3 Å². The Bertz CT molecular complexity index is 1470. The first kappa shape index (κ1) is 26.5. The van der Waals surface area contributed by atoms with Gasteiger partial charge in [-0.3, -0.25) is 34.7 Å². The van der Waals surface area contributed by atoms with E-state index in [1.165, 1.54) is 4.90 Å². The third-order valence-corrected chi connectivity index (χ3v) is 6.67. The Hall–Kier alpha value is -4.52. The van der Waals surface area contributed by atoms with Crippen molar-refractivity contribution in [1.82, 2.24) is 4.90 Å². The van der Waals surface area contributed by atoms with Crippen LogP contribution in [0.25, 0.3) is 0 Å². The molecule has 13 heteroatoms. The van der Waals surface area contributed by atoms with Crippen LogP contribution in [-0.2, 0) is 0 Å². The van der Waals surface area contributed by atoms with Crippen LogP contribution in [0.15, 0.2) is 69.3 Å². The number of carbonyl (C=O) groups excluding carboxylic acids is 2. The lowest BCUT2D eigenvalue weighted by Gasteiger charge is -2.21. The van der Waals surface area contributed by atoms with Gasteiger partial charge >= 0.3 is 5.69 Å². The highest BCUT2D eigenvalue weighted by atomic mass is 79.9. The van der Waals surface area contributed by atoms with Crippen LogP contribution < -0.4 is 4.90 Å². The summed E-state index contributed by atoms with van der Waals surface area (Å²) in [5.74, 6) is -0.558. The first-order valence-electron chi connectivity index (χ1n) is 11.4. The first-order chi connectivity index (χ1) is 18.1. The topological polar surface area (TPSA) is 152 Å². The van der Waals surface area contributed by atoms with Crippen LogP contribution in [0.3, 0.4) is 0 Å². The molecule has 12 nitrogen and oxygen atoms in total. The standard InChI is InChI=1S/C25H21BrN6O6/c1-15-12-16(29(2)10-5-11-30-24(33)18-6-3-4-7-19(18)25(30)34)8-9-21(15)27-28-23-20(26)13-17(31(35)36)14-22(23)32(37)38/h3-4,6-9,12-14H,5,10-11H2,1-2H3. The van der Waals surface area contributed by atoms with Crippen molar-refractivity contribution >= 4 is 56.2 Å². The molecular weight excluding hydrogens is 560 g/mol. The van der Waals surface area contributed by atoms with Gasteiger partial charge in [0.25, 0.3) is 17.5 Å². The number of hydrogen-bond donors (Lipinski definition) is 0. The number of rotatable bonds is 9. The predicted molar refractivity (Wildman–Crippen MR) is 143 cm³/mol. The Morgan fingerprint density at radius 2 is 1.61 bits per heavy atom. The summed E-state index contributed by atoms with van der Waals surface area (Å²) in [6.07, 6.45) is 0.570. The molecule has 0 atom stereocenters. The van der Waals surface area contributed by atoms with Crippen molar-refractivity contribution in [3.8, 4) is 0 Å². The number of nitro benzene ring substituents is 2. The summed E-state index contributed by atoms with van der Waals surface area (Å²) in [6.45, 7) is 2.68. The smallest absolute Gasteiger partial charge is 0.304 e. The number of anilines is 1. The van der Waals surface area contributed by atoms with Crippen molar-refractivity contribution in [2.24, 2.45) is 10.2 Å². The molecule has 38 heavy (non-hydrogen) atoms. The van der Waals surface area contributed by atoms with Gasteiger partial charge in [-0.05, 0) is 65.2 Å². The number of carbonyl (C=O) groups is 2. The van der Waals surface area contributed by atoms with E-state index in [-0.39, 0.29) is 22.0 Å². The molecule has 4 rings (SSSR count). The van der Waals surface area contributed by atoms with Crippen LogP contribution >= 0.6 is 15.9 Å². The number of nitrogens with zero attached hydrogens (tertiary/aromatic N) is 6. The fourth-order valence-electron chi connectivity index (χ4n) is 4.04. The third-order valence-electron chi connectivity index (χ3n) is 6.07. The lowest BCUT2D eigenvalue weighted by molar-refractivity contribution is -0.393. The number of benzene rings is 3. The minimum atomic E-state index is -0.751. The van der Waals surface area contributed by atoms with Gasteiger partial charge in [0, 0.05) is 31.9 Å². The number of imide groups is 1. The summed E-state index contributed by atoms with van der Waals surface area (Å²) in [5, 5.41) is 30.6. The number of amides is 2. The highest BCUT2D eigenvalue weighted by molar-refractivity contribution is 9.10. The second kappa shape index (κ2) is 10.8. The van der Waals surface area contributed by atoms with Crippen molar-refractivity contribution < 1.29 is 19.4 Å². The van der Waals surface area contributed by atoms with Gasteiger partial charge in [-0.15, -0.1) is 10.2 Å². The predicted octanol–water partition coefficient (Wildman–Crippen LogP) is 6.11. The Morgan fingerprint density at radius 3 is 2.18 bits per heavy atom. The monoisotopic (exact) mass is 580 g/mol. The van der Waals surface area contributed by atoms with Crippen LogP contribution in [0.5, 0.6) is 0 Å². The summed E-state index contributed by atoms with van der Waals surface area (Å²) >= 11 is 3.11. The first-order valence-corrected chi connectivity index (χ1v) is 12.2. The molecule has 194 valence electrons. The fraction of sp³-hybridized carbons (Fsp3) is 0.200. The Labute approximate surface area is 225 Å². The molecule has 0 saturated carbocycles. The van der Waals surface area contributed by atoms with Crippen LogP contribution in [0.1, 0.15) is 32.7 Å². The van der Waals surface area contributed by atoms with Gasteiger partial charge in [-0.1, -0.05) is 12.1 Å². The minimum Gasteiger partial charge on any atom is -0.375 e. The molecule has 0 saturated heterocycles. The van der Waals surface area contributed by atoms with Gasteiger partial charge in [0.2, 0.25) is 0 Å². The number of aryl methyl sites for hydroxylation is 1. The molecule has 0 spiro atoms. The van der Waals surface area contributed by atoms with E-state index in [9.17, 15) is 29.8 Å². The zero-order valence-corrected chi connectivity index (χ0v) is 21.9. The number of non-ortho nitro benzene ring substituents is 1. The van der Waals surface area contributed by atoms with Crippen molar-refractivity contribution in [1.29, 1.82) is 0 Å². The average molecular weight is 581 g/mol. The Balaban J connectivity index is 1.42. The molecule has 0 unspecified atom stereocenters. The molecule has 0 bridgehead atoms. The molecular formula is C25H21BrN6O6.